The van der Waals surface area contributed by atoms with Crippen LogP contribution in [0.2, 0.25) is 0 Å². The van der Waals surface area contributed by atoms with Gasteiger partial charge >= 0.3 is 11.8 Å². The van der Waals surface area contributed by atoms with Crippen molar-refractivity contribution in [1.82, 2.24) is 10.3 Å². The number of nitrogens with one attached hydrogen (secondary N) is 2. The Morgan fingerprint density at radius 1 is 1.11 bits per heavy atom. The van der Waals surface area contributed by atoms with Gasteiger partial charge in [0.15, 0.2) is 0 Å². The lowest BCUT2D eigenvalue weighted by molar-refractivity contribution is -0.136. The van der Waals surface area contributed by atoms with Gasteiger partial charge in [0.05, 0.1) is 5.69 Å². The van der Waals surface area contributed by atoms with E-state index in [0.717, 1.165) is 43.9 Å². The Balaban J connectivity index is 1.43. The number of benzene rings is 1. The second-order valence-corrected chi connectivity index (χ2v) is 6.41. The Morgan fingerprint density at radius 2 is 1.89 bits per heavy atom. The molecule has 8 heteroatoms. The number of pyridine rings is 1. The van der Waals surface area contributed by atoms with E-state index in [1.165, 1.54) is 0 Å². The molecule has 27 heavy (non-hydrogen) atoms. The number of hydrogen-bond donors (Lipinski definition) is 2. The fourth-order valence-electron chi connectivity index (χ4n) is 2.99. The molecule has 3 rings (SSSR count). The monoisotopic (exact) mass is 374 g/mol. The topological polar surface area (TPSA) is 74.3 Å². The zero-order valence-corrected chi connectivity index (χ0v) is 14.6. The van der Waals surface area contributed by atoms with Crippen molar-refractivity contribution >= 4 is 23.3 Å². The summed E-state index contributed by atoms with van der Waals surface area (Å²) in [4.78, 5) is 30.3. The van der Waals surface area contributed by atoms with Crippen LogP contribution in [-0.2, 0) is 9.59 Å². The molecule has 2 N–H and O–H groups in total. The third kappa shape index (κ3) is 4.99. The molecule has 0 spiro atoms. The van der Waals surface area contributed by atoms with Gasteiger partial charge in [0.2, 0.25) is 0 Å². The van der Waals surface area contributed by atoms with Crippen LogP contribution in [0.15, 0.2) is 42.6 Å². The van der Waals surface area contributed by atoms with E-state index in [2.05, 4.69) is 20.5 Å². The van der Waals surface area contributed by atoms with Gasteiger partial charge in [0.1, 0.15) is 17.5 Å². The van der Waals surface area contributed by atoms with Crippen LogP contribution in [-0.4, -0.2) is 36.4 Å². The Morgan fingerprint density at radius 3 is 2.56 bits per heavy atom. The standard InChI is InChI=1S/C19H20F2N4O2/c20-14-4-5-16(15(21)11-14)24-19(27)18(26)23-12-13-6-9-25(10-7-13)17-3-1-2-8-22-17/h1-5,8,11,13H,6-7,9-10,12H2,(H,23,26)(H,24,27). The van der Waals surface area contributed by atoms with E-state index < -0.39 is 23.4 Å². The number of nitrogens with zero attached hydrogens (tertiary/aromatic N) is 2. The molecule has 1 saturated heterocycles. The van der Waals surface area contributed by atoms with Crippen LogP contribution in [0.25, 0.3) is 0 Å². The van der Waals surface area contributed by atoms with Gasteiger partial charge in [-0.2, -0.15) is 0 Å². The van der Waals surface area contributed by atoms with Gasteiger partial charge in [-0.05, 0) is 43.0 Å². The van der Waals surface area contributed by atoms with Crippen LogP contribution >= 0.6 is 0 Å². The second kappa shape index (κ2) is 8.57. The Hall–Kier alpha value is -3.03. The summed E-state index contributed by atoms with van der Waals surface area (Å²) in [5.74, 6) is -2.33. The Kier molecular flexibility index (Phi) is 5.95. The van der Waals surface area contributed by atoms with Crippen molar-refractivity contribution in [2.24, 2.45) is 5.92 Å². The first-order valence-corrected chi connectivity index (χ1v) is 8.73. The number of aromatic nitrogens is 1. The average molecular weight is 374 g/mol. The quantitative estimate of drug-likeness (QED) is 0.806. The van der Waals surface area contributed by atoms with Crippen molar-refractivity contribution in [2.75, 3.05) is 29.9 Å². The van der Waals surface area contributed by atoms with Crippen LogP contribution in [0, 0.1) is 17.6 Å². The fraction of sp³-hybridized carbons (Fsp3) is 0.316. The highest BCUT2D eigenvalue weighted by atomic mass is 19.1. The van der Waals surface area contributed by atoms with Gasteiger partial charge in [-0.1, -0.05) is 6.07 Å². The van der Waals surface area contributed by atoms with Crippen LogP contribution in [0.3, 0.4) is 0 Å². The zero-order chi connectivity index (χ0) is 19.2. The molecule has 2 heterocycles. The molecule has 142 valence electrons. The molecule has 0 unspecified atom stereocenters. The van der Waals surface area contributed by atoms with Crippen molar-refractivity contribution in [3.63, 3.8) is 0 Å². The van der Waals surface area contributed by atoms with Crippen molar-refractivity contribution in [2.45, 2.75) is 12.8 Å². The summed E-state index contributed by atoms with van der Waals surface area (Å²) in [7, 11) is 0. The summed E-state index contributed by atoms with van der Waals surface area (Å²) in [6.45, 7) is 2.02. The maximum atomic E-state index is 13.5. The number of carbonyl (C=O) groups is 2. The number of hydrogen-bond acceptors (Lipinski definition) is 4. The predicted molar refractivity (Wildman–Crippen MR) is 97.2 cm³/mol. The molecule has 1 fully saturated rings. The summed E-state index contributed by atoms with van der Waals surface area (Å²) in [6.07, 6.45) is 3.49. The fourth-order valence-corrected chi connectivity index (χ4v) is 2.99. The van der Waals surface area contributed by atoms with Crippen molar-refractivity contribution < 1.29 is 18.4 Å². The molecule has 0 atom stereocenters. The molecule has 0 bridgehead atoms. The molecule has 0 radical (unpaired) electrons. The lowest BCUT2D eigenvalue weighted by Crippen LogP contribution is -2.42. The number of rotatable bonds is 4. The third-order valence-corrected chi connectivity index (χ3v) is 4.52. The Labute approximate surface area is 155 Å². The minimum absolute atomic E-state index is 0.236. The first-order valence-electron chi connectivity index (χ1n) is 8.73. The molecule has 0 aliphatic carbocycles. The van der Waals surface area contributed by atoms with E-state index in [0.29, 0.717) is 12.6 Å². The van der Waals surface area contributed by atoms with E-state index >= 15 is 0 Å². The van der Waals surface area contributed by atoms with Crippen molar-refractivity contribution in [3.05, 3.63) is 54.2 Å². The highest BCUT2D eigenvalue weighted by Gasteiger charge is 2.22. The largest absolute Gasteiger partial charge is 0.357 e. The molecule has 6 nitrogen and oxygen atoms in total. The number of anilines is 2. The summed E-state index contributed by atoms with van der Waals surface area (Å²) >= 11 is 0. The van der Waals surface area contributed by atoms with Crippen LogP contribution < -0.4 is 15.5 Å². The van der Waals surface area contributed by atoms with Gasteiger partial charge in [-0.25, -0.2) is 13.8 Å². The van der Waals surface area contributed by atoms with E-state index in [1.807, 2.05) is 18.2 Å². The average Bonchev–Trinajstić information content (AvgIpc) is 2.69. The van der Waals surface area contributed by atoms with Crippen molar-refractivity contribution in [3.8, 4) is 0 Å². The molecule has 2 aromatic rings. The molecule has 1 aromatic carbocycles. The summed E-state index contributed by atoms with van der Waals surface area (Å²) < 4.78 is 26.4. The lowest BCUT2D eigenvalue weighted by atomic mass is 9.97. The minimum atomic E-state index is -0.980. The maximum Gasteiger partial charge on any atom is 0.313 e. The smallest absolute Gasteiger partial charge is 0.313 e. The highest BCUT2D eigenvalue weighted by Crippen LogP contribution is 2.21. The highest BCUT2D eigenvalue weighted by molar-refractivity contribution is 6.39. The van der Waals surface area contributed by atoms with E-state index in [9.17, 15) is 18.4 Å². The second-order valence-electron chi connectivity index (χ2n) is 6.41. The Bertz CT molecular complexity index is 809. The van der Waals surface area contributed by atoms with Crippen LogP contribution in [0.1, 0.15) is 12.8 Å². The van der Waals surface area contributed by atoms with E-state index in [4.69, 9.17) is 0 Å². The van der Waals surface area contributed by atoms with Gasteiger partial charge < -0.3 is 15.5 Å². The minimum Gasteiger partial charge on any atom is -0.357 e. The first kappa shape index (κ1) is 18.8. The number of halogens is 2. The van der Waals surface area contributed by atoms with Gasteiger partial charge in [0.25, 0.3) is 0 Å². The number of carbonyl (C=O) groups excluding carboxylic acids is 2. The third-order valence-electron chi connectivity index (χ3n) is 4.52. The molecular formula is C19H20F2N4O2. The molecule has 1 aliphatic heterocycles. The van der Waals surface area contributed by atoms with Gasteiger partial charge in [0, 0.05) is 31.9 Å². The number of piperidine rings is 1. The van der Waals surface area contributed by atoms with Gasteiger partial charge in [-0.15, -0.1) is 0 Å². The lowest BCUT2D eigenvalue weighted by Gasteiger charge is -2.32. The normalized spacial score (nSPS) is 14.7. The summed E-state index contributed by atoms with van der Waals surface area (Å²) in [5, 5.41) is 4.72. The predicted octanol–water partition coefficient (Wildman–Crippen LogP) is 2.33. The van der Waals surface area contributed by atoms with E-state index in [1.54, 1.807) is 6.20 Å². The van der Waals surface area contributed by atoms with E-state index in [-0.39, 0.29) is 11.6 Å². The molecular weight excluding hydrogens is 354 g/mol. The molecule has 0 saturated carbocycles. The summed E-state index contributed by atoms with van der Waals surface area (Å²) in [6, 6.07) is 8.49. The molecule has 2 amide bonds. The van der Waals surface area contributed by atoms with Crippen molar-refractivity contribution in [1.29, 1.82) is 0 Å². The SMILES string of the molecule is O=C(NCC1CCN(c2ccccn2)CC1)C(=O)Nc1ccc(F)cc1F. The zero-order valence-electron chi connectivity index (χ0n) is 14.6. The molecule has 1 aromatic heterocycles. The van der Waals surface area contributed by atoms with Crippen LogP contribution in [0.5, 0.6) is 0 Å². The van der Waals surface area contributed by atoms with Gasteiger partial charge in [-0.3, -0.25) is 9.59 Å². The molecule has 1 aliphatic rings. The number of amides is 2. The van der Waals surface area contributed by atoms with Crippen LogP contribution in [0.4, 0.5) is 20.3 Å². The summed E-state index contributed by atoms with van der Waals surface area (Å²) in [5.41, 5.74) is -0.236. The maximum absolute atomic E-state index is 13.5. The first-order chi connectivity index (χ1) is 13.0.